The van der Waals surface area contributed by atoms with Crippen molar-refractivity contribution >= 4 is 5.95 Å². The minimum Gasteiger partial charge on any atom is -0.478 e. The first-order valence-electron chi connectivity index (χ1n) is 6.38. The molecule has 5 heteroatoms. The van der Waals surface area contributed by atoms with E-state index in [0.29, 0.717) is 18.4 Å². The van der Waals surface area contributed by atoms with E-state index in [-0.39, 0.29) is 12.0 Å². The number of nitrogens with zero attached hydrogens (tertiary/aromatic N) is 2. The van der Waals surface area contributed by atoms with Crippen LogP contribution >= 0.6 is 0 Å². The summed E-state index contributed by atoms with van der Waals surface area (Å²) in [7, 11) is 0. The summed E-state index contributed by atoms with van der Waals surface area (Å²) in [6.45, 7) is 7.83. The van der Waals surface area contributed by atoms with Crippen LogP contribution < -0.4 is 10.1 Å². The Morgan fingerprint density at radius 1 is 1.44 bits per heavy atom. The average Bonchev–Trinajstić information content (AvgIpc) is 2.35. The van der Waals surface area contributed by atoms with Crippen molar-refractivity contribution in [2.75, 3.05) is 25.1 Å². The topological polar surface area (TPSA) is 67.3 Å². The maximum absolute atomic E-state index is 8.85. The molecule has 0 aromatic carbocycles. The van der Waals surface area contributed by atoms with Crippen LogP contribution in [0.5, 0.6) is 5.88 Å². The molecule has 0 aliphatic carbocycles. The van der Waals surface area contributed by atoms with E-state index in [0.717, 1.165) is 19.4 Å². The molecule has 0 amide bonds. The zero-order chi connectivity index (χ0) is 13.4. The van der Waals surface area contributed by atoms with Crippen LogP contribution in [-0.4, -0.2) is 34.8 Å². The molecule has 1 aromatic heterocycles. The van der Waals surface area contributed by atoms with Gasteiger partial charge in [-0.1, -0.05) is 13.8 Å². The molecule has 1 heterocycles. The molecule has 0 spiro atoms. The summed E-state index contributed by atoms with van der Waals surface area (Å²) in [5.41, 5.74) is 0.105. The number of aliphatic hydroxyl groups is 1. The summed E-state index contributed by atoms with van der Waals surface area (Å²) in [6, 6.07) is 1.74. The van der Waals surface area contributed by atoms with Crippen molar-refractivity contribution in [1.29, 1.82) is 0 Å². The van der Waals surface area contributed by atoms with E-state index >= 15 is 0 Å². The second-order valence-electron chi connectivity index (χ2n) is 5.00. The van der Waals surface area contributed by atoms with Gasteiger partial charge in [-0.25, -0.2) is 4.98 Å². The molecule has 0 bridgehead atoms. The smallest absolute Gasteiger partial charge is 0.225 e. The maximum atomic E-state index is 8.85. The molecule has 0 unspecified atom stereocenters. The lowest BCUT2D eigenvalue weighted by Crippen LogP contribution is -2.24. The van der Waals surface area contributed by atoms with Crippen molar-refractivity contribution < 1.29 is 9.84 Å². The van der Waals surface area contributed by atoms with E-state index in [4.69, 9.17) is 9.84 Å². The fraction of sp³-hybridized carbons (Fsp3) is 0.692. The Bertz CT molecular complexity index is 356. The van der Waals surface area contributed by atoms with Crippen molar-refractivity contribution in [2.24, 2.45) is 5.41 Å². The summed E-state index contributed by atoms with van der Waals surface area (Å²) >= 11 is 0. The number of hydrogen-bond acceptors (Lipinski definition) is 5. The molecule has 0 aliphatic heterocycles. The van der Waals surface area contributed by atoms with Crippen molar-refractivity contribution in [3.8, 4) is 5.88 Å². The number of ether oxygens (including phenoxy) is 1. The summed E-state index contributed by atoms with van der Waals surface area (Å²) < 4.78 is 5.32. The molecule has 0 atom stereocenters. The SMILES string of the molecule is CCOc1ccnc(NCC(C)(C)CCCO)n1. The van der Waals surface area contributed by atoms with Crippen molar-refractivity contribution in [3.05, 3.63) is 12.3 Å². The lowest BCUT2D eigenvalue weighted by Gasteiger charge is -2.24. The lowest BCUT2D eigenvalue weighted by molar-refractivity contribution is 0.247. The number of aromatic nitrogens is 2. The van der Waals surface area contributed by atoms with E-state index in [2.05, 4.69) is 29.1 Å². The molecule has 102 valence electrons. The van der Waals surface area contributed by atoms with Crippen LogP contribution in [0.4, 0.5) is 5.95 Å². The molecular formula is C13H23N3O2. The van der Waals surface area contributed by atoms with E-state index in [1.807, 2.05) is 6.92 Å². The van der Waals surface area contributed by atoms with Crippen molar-refractivity contribution in [3.63, 3.8) is 0 Å². The zero-order valence-electron chi connectivity index (χ0n) is 11.4. The van der Waals surface area contributed by atoms with Gasteiger partial charge >= 0.3 is 0 Å². The molecule has 5 nitrogen and oxygen atoms in total. The molecule has 0 fully saturated rings. The summed E-state index contributed by atoms with van der Waals surface area (Å²) in [6.07, 6.45) is 3.46. The molecule has 0 radical (unpaired) electrons. The molecule has 1 rings (SSSR count). The standard InChI is InChI=1S/C13H23N3O2/c1-4-18-11-6-8-14-12(16-11)15-10-13(2,3)7-5-9-17/h6,8,17H,4-5,7,9-10H2,1-3H3,(H,14,15,16). The van der Waals surface area contributed by atoms with E-state index in [1.165, 1.54) is 0 Å². The highest BCUT2D eigenvalue weighted by atomic mass is 16.5. The van der Waals surface area contributed by atoms with Crippen LogP contribution in [-0.2, 0) is 0 Å². The highest BCUT2D eigenvalue weighted by Crippen LogP contribution is 2.22. The number of hydrogen-bond donors (Lipinski definition) is 2. The number of nitrogens with one attached hydrogen (secondary N) is 1. The van der Waals surface area contributed by atoms with Gasteiger partial charge in [-0.05, 0) is 25.2 Å². The van der Waals surface area contributed by atoms with Crippen LogP contribution in [0, 0.1) is 5.41 Å². The third-order valence-electron chi connectivity index (χ3n) is 2.66. The van der Waals surface area contributed by atoms with Crippen LogP contribution in [0.25, 0.3) is 0 Å². The second-order valence-corrected chi connectivity index (χ2v) is 5.00. The van der Waals surface area contributed by atoms with Gasteiger partial charge in [0.15, 0.2) is 0 Å². The largest absolute Gasteiger partial charge is 0.478 e. The van der Waals surface area contributed by atoms with Crippen LogP contribution in [0.3, 0.4) is 0 Å². The van der Waals surface area contributed by atoms with Gasteiger partial charge in [0.05, 0.1) is 6.61 Å². The predicted octanol–water partition coefficient (Wildman–Crippen LogP) is 2.09. The molecule has 18 heavy (non-hydrogen) atoms. The zero-order valence-corrected chi connectivity index (χ0v) is 11.4. The highest BCUT2D eigenvalue weighted by Gasteiger charge is 2.17. The quantitative estimate of drug-likeness (QED) is 0.742. The fourth-order valence-electron chi connectivity index (χ4n) is 1.62. The second kappa shape index (κ2) is 7.16. The van der Waals surface area contributed by atoms with Gasteiger partial charge in [-0.3, -0.25) is 0 Å². The van der Waals surface area contributed by atoms with Crippen molar-refractivity contribution in [2.45, 2.75) is 33.6 Å². The minimum absolute atomic E-state index is 0.105. The van der Waals surface area contributed by atoms with Gasteiger partial charge in [0, 0.05) is 25.4 Å². The van der Waals surface area contributed by atoms with Gasteiger partial charge in [0.2, 0.25) is 11.8 Å². The van der Waals surface area contributed by atoms with Crippen LogP contribution in [0.1, 0.15) is 33.6 Å². The predicted molar refractivity (Wildman–Crippen MR) is 71.8 cm³/mol. The number of aliphatic hydroxyl groups excluding tert-OH is 1. The van der Waals surface area contributed by atoms with Gasteiger partial charge in [0.25, 0.3) is 0 Å². The maximum Gasteiger partial charge on any atom is 0.225 e. The Balaban J connectivity index is 2.49. The van der Waals surface area contributed by atoms with Gasteiger partial charge in [-0.15, -0.1) is 0 Å². The van der Waals surface area contributed by atoms with Crippen molar-refractivity contribution in [1.82, 2.24) is 9.97 Å². The first kappa shape index (κ1) is 14.7. The monoisotopic (exact) mass is 253 g/mol. The third-order valence-corrected chi connectivity index (χ3v) is 2.66. The van der Waals surface area contributed by atoms with Gasteiger partial charge in [0.1, 0.15) is 0 Å². The Hall–Kier alpha value is -1.36. The Labute approximate surface area is 109 Å². The molecule has 1 aromatic rings. The average molecular weight is 253 g/mol. The molecule has 2 N–H and O–H groups in total. The Morgan fingerprint density at radius 2 is 2.22 bits per heavy atom. The molecule has 0 aliphatic rings. The van der Waals surface area contributed by atoms with Crippen LogP contribution in [0.15, 0.2) is 12.3 Å². The third kappa shape index (κ3) is 5.31. The van der Waals surface area contributed by atoms with Gasteiger partial charge < -0.3 is 15.2 Å². The first-order valence-corrected chi connectivity index (χ1v) is 6.38. The fourth-order valence-corrected chi connectivity index (χ4v) is 1.62. The van der Waals surface area contributed by atoms with Crippen LogP contribution in [0.2, 0.25) is 0 Å². The first-order chi connectivity index (χ1) is 8.57. The summed E-state index contributed by atoms with van der Waals surface area (Å²) in [4.78, 5) is 8.41. The van der Waals surface area contributed by atoms with E-state index < -0.39 is 0 Å². The number of anilines is 1. The van der Waals surface area contributed by atoms with E-state index in [9.17, 15) is 0 Å². The minimum atomic E-state index is 0.105. The number of rotatable bonds is 8. The molecule has 0 saturated heterocycles. The van der Waals surface area contributed by atoms with E-state index in [1.54, 1.807) is 12.3 Å². The normalized spacial score (nSPS) is 11.3. The van der Waals surface area contributed by atoms with Gasteiger partial charge in [-0.2, -0.15) is 4.98 Å². The lowest BCUT2D eigenvalue weighted by atomic mass is 9.88. The molecule has 0 saturated carbocycles. The highest BCUT2D eigenvalue weighted by molar-refractivity contribution is 5.27. The summed E-state index contributed by atoms with van der Waals surface area (Å²) in [5.74, 6) is 1.17. The Kier molecular flexibility index (Phi) is 5.85. The Morgan fingerprint density at radius 3 is 2.89 bits per heavy atom. The molecular weight excluding hydrogens is 230 g/mol. The summed E-state index contributed by atoms with van der Waals surface area (Å²) in [5, 5.41) is 12.1.